The lowest BCUT2D eigenvalue weighted by atomic mass is 9.86. The van der Waals surface area contributed by atoms with E-state index in [4.69, 9.17) is 14.6 Å². The number of hydrogen-bond donors (Lipinski definition) is 2. The fraction of sp³-hybridized carbons (Fsp3) is 0.217. The molecule has 0 fully saturated rings. The van der Waals surface area contributed by atoms with Crippen molar-refractivity contribution >= 4 is 23.7 Å². The molecule has 0 bridgehead atoms. The number of aromatic nitrogens is 4. The van der Waals surface area contributed by atoms with E-state index in [1.165, 1.54) is 76.4 Å². The van der Waals surface area contributed by atoms with Crippen molar-refractivity contribution in [3.05, 3.63) is 446 Å². The molecule has 0 atom stereocenters. The highest BCUT2D eigenvalue weighted by Gasteiger charge is 2.20. The number of nitrogens with zero attached hydrogens (tertiary/aromatic N) is 7. The first kappa shape index (κ1) is 89.6. The van der Waals surface area contributed by atoms with E-state index in [0.29, 0.717) is 29.1 Å². The molecule has 622 valence electrons. The van der Waals surface area contributed by atoms with Crippen molar-refractivity contribution in [3.8, 4) is 22.5 Å². The number of ether oxygens (including phenoxy) is 2. The van der Waals surface area contributed by atoms with Crippen LogP contribution >= 0.6 is 0 Å². The van der Waals surface area contributed by atoms with Gasteiger partial charge in [-0.3, -0.25) is 24.4 Å². The van der Waals surface area contributed by atoms with Gasteiger partial charge in [-0.05, 0) is 161 Å². The Labute approximate surface area is 718 Å². The summed E-state index contributed by atoms with van der Waals surface area (Å²) in [5.74, 6) is -1.17. The number of methoxy groups -OCH3 is 2. The lowest BCUT2D eigenvalue weighted by Crippen LogP contribution is -2.22. The van der Waals surface area contributed by atoms with Crippen LogP contribution < -0.4 is 0 Å². The number of benzene rings is 13. The number of hydrogen-bond acceptors (Lipinski definition) is 13. The first-order valence-electron chi connectivity index (χ1n) is 41.1. The summed E-state index contributed by atoms with van der Waals surface area (Å²) in [6.07, 6.45) is 0. The van der Waals surface area contributed by atoms with Crippen LogP contribution in [-0.4, -0.2) is 83.2 Å². The molecule has 0 aliphatic carbocycles. The summed E-state index contributed by atoms with van der Waals surface area (Å²) in [6.45, 7) is 24.7. The maximum atomic E-state index is 13.4. The Kier molecular flexibility index (Phi) is 32.8. The number of carboxylic acids is 1. The first-order chi connectivity index (χ1) is 58.9. The number of aromatic amines is 1. The Morgan fingerprint density at radius 2 is 0.566 bits per heavy atom. The molecule has 2 N–H and O–H groups in total. The Balaban J connectivity index is 0.000000159. The van der Waals surface area contributed by atoms with Gasteiger partial charge in [-0.15, -0.1) is 10.2 Å². The van der Waals surface area contributed by atoms with Gasteiger partial charge < -0.3 is 14.6 Å². The molecule has 122 heavy (non-hydrogen) atoms. The van der Waals surface area contributed by atoms with Crippen LogP contribution in [0.1, 0.15) is 168 Å². The molecule has 13 aromatic carbocycles. The molecule has 0 spiro atoms. The van der Waals surface area contributed by atoms with Gasteiger partial charge >= 0.3 is 17.9 Å². The molecule has 0 aliphatic heterocycles. The van der Waals surface area contributed by atoms with Gasteiger partial charge in [-0.1, -0.05) is 333 Å². The molecule has 1 aromatic heterocycles. The maximum absolute atomic E-state index is 13.4. The molecule has 0 unspecified atom stereocenters. The molecule has 16 heteroatoms. The lowest BCUT2D eigenvalue weighted by molar-refractivity contribution is 0.0592. The van der Waals surface area contributed by atoms with Crippen LogP contribution in [-0.2, 0) is 98.8 Å². The molecule has 14 aromatic rings. The summed E-state index contributed by atoms with van der Waals surface area (Å²) in [4.78, 5) is 55.4. The summed E-state index contributed by atoms with van der Waals surface area (Å²) >= 11 is 0. The predicted molar refractivity (Wildman–Crippen MR) is 485 cm³/mol. The largest absolute Gasteiger partial charge is 0.478 e. The second-order valence-corrected chi connectivity index (χ2v) is 32.7. The normalized spacial score (nSPS) is 11.2. The lowest BCUT2D eigenvalue weighted by Gasteiger charge is -2.25. The van der Waals surface area contributed by atoms with Crippen molar-refractivity contribution < 1.29 is 38.1 Å². The van der Waals surface area contributed by atoms with Gasteiger partial charge in [0, 0.05) is 89.7 Å². The SMILES string of the molecule is CC(=O)c1ccc(CN(Cc2ccccc2)Cc2ccc(C(=O)O)cc2)cc1.CC(C)(C)c1ccc(CN(Cc2ccccc2)Cc2ccc(C(C)(C)C)cc2)cc1.COC(=O)c1ccc(CN(Cc2ccccc2)Cc2ccc(C(=O)OC)cc2)cc1.Fc1ccc(CN(Cc2ccccc2)Cc2ccc(-c3ccccc3-c3nn[nH]n3)cc2)cc1. The van der Waals surface area contributed by atoms with Gasteiger partial charge in [0.15, 0.2) is 5.78 Å². The Morgan fingerprint density at radius 3 is 0.828 bits per heavy atom. The summed E-state index contributed by atoms with van der Waals surface area (Å²) in [5, 5.41) is 23.6. The summed E-state index contributed by atoms with van der Waals surface area (Å²) in [7, 11) is 2.76. The van der Waals surface area contributed by atoms with Gasteiger partial charge in [0.2, 0.25) is 5.82 Å². The quantitative estimate of drug-likeness (QED) is 0.0321. The summed E-state index contributed by atoms with van der Waals surface area (Å²) in [5.41, 5.74) is 22.8. The van der Waals surface area contributed by atoms with Crippen LogP contribution in [0.25, 0.3) is 22.5 Å². The van der Waals surface area contributed by atoms with Gasteiger partial charge in [0.25, 0.3) is 0 Å². The van der Waals surface area contributed by atoms with E-state index in [2.05, 4.69) is 239 Å². The predicted octanol–water partition coefficient (Wildman–Crippen LogP) is 22.6. The molecule has 0 saturated carbocycles. The average molecular weight is 1630 g/mol. The van der Waals surface area contributed by atoms with Crippen molar-refractivity contribution in [1.82, 2.24) is 40.2 Å². The minimum absolute atomic E-state index is 0.0613. The fourth-order valence-corrected chi connectivity index (χ4v) is 14.2. The standard InChI is InChI=1S/C29H37N.C28H24FN5.C25H25NO4.C24H23NO3/c1-28(2,3)26-16-12-24(13-17-26)21-30(20-23-10-8-7-9-11-23)22-25-14-18-27(19-15-25)29(4,5)6;29-25-16-12-23(13-17-25)20-34(18-21-6-2-1-3-7-21)19-22-10-14-24(15-11-22)26-8-4-5-9-27(26)28-30-32-33-31-28;1-29-24(27)22-12-8-20(9-13-22)17-26(16-19-6-4-3-5-7-19)18-21-10-14-23(15-11-21)25(28)30-2;1-18(26)22-11-7-20(8-12-22)16-25(15-19-5-3-2-4-6-19)17-21-9-13-23(14-10-21)24(27)28/h7-19H,20-22H2,1-6H3;1-17H,18-20H2,(H,30,31,32,33);3-15H,16-18H2,1-2H3;2-14H,15-17H2,1H3,(H,27,28). The van der Waals surface area contributed by atoms with E-state index < -0.39 is 5.97 Å². The minimum Gasteiger partial charge on any atom is -0.478 e. The van der Waals surface area contributed by atoms with Crippen LogP contribution in [0.15, 0.2) is 340 Å². The highest BCUT2D eigenvalue weighted by Crippen LogP contribution is 2.32. The number of carbonyl (C=O) groups excluding carboxylic acids is 3. The number of carboxylic acid groups (broad SMARTS) is 1. The number of rotatable bonds is 30. The fourth-order valence-electron chi connectivity index (χ4n) is 14.2. The van der Waals surface area contributed by atoms with Gasteiger partial charge in [-0.2, -0.15) is 5.21 Å². The van der Waals surface area contributed by atoms with Crippen molar-refractivity contribution in [2.75, 3.05) is 14.2 Å². The number of nitrogens with one attached hydrogen (secondary N) is 1. The van der Waals surface area contributed by atoms with Crippen molar-refractivity contribution in [2.45, 2.75) is 138 Å². The molecule has 0 radical (unpaired) electrons. The van der Waals surface area contributed by atoms with Gasteiger partial charge in [0.05, 0.1) is 30.9 Å². The number of ketones is 1. The zero-order chi connectivity index (χ0) is 86.2. The monoisotopic (exact) mass is 1620 g/mol. The molecule has 14 rings (SSSR count). The van der Waals surface area contributed by atoms with E-state index in [0.717, 1.165) is 116 Å². The molecule has 15 nitrogen and oxygen atoms in total. The van der Waals surface area contributed by atoms with E-state index >= 15 is 0 Å². The van der Waals surface area contributed by atoms with Gasteiger partial charge in [0.1, 0.15) is 5.82 Å². The number of Topliss-reactive ketones (excluding diaryl/α,β-unsaturated/α-hetero) is 1. The molecule has 0 aliphatic rings. The van der Waals surface area contributed by atoms with E-state index in [1.54, 1.807) is 43.3 Å². The smallest absolute Gasteiger partial charge is 0.337 e. The van der Waals surface area contributed by atoms with Crippen molar-refractivity contribution in [2.24, 2.45) is 0 Å². The number of halogens is 1. The van der Waals surface area contributed by atoms with Crippen molar-refractivity contribution in [1.29, 1.82) is 0 Å². The Bertz CT molecular complexity index is 5340. The third-order valence-electron chi connectivity index (χ3n) is 20.9. The summed E-state index contributed by atoms with van der Waals surface area (Å²) < 4.78 is 22.9. The van der Waals surface area contributed by atoms with Crippen LogP contribution in [0, 0.1) is 5.82 Å². The molecular weight excluding hydrogens is 1520 g/mol. The maximum Gasteiger partial charge on any atom is 0.337 e. The third kappa shape index (κ3) is 28.5. The van der Waals surface area contributed by atoms with E-state index in [1.807, 2.05) is 133 Å². The minimum atomic E-state index is -0.918. The topological polar surface area (TPSA) is 174 Å². The van der Waals surface area contributed by atoms with Crippen LogP contribution in [0.4, 0.5) is 4.39 Å². The number of H-pyrrole nitrogens is 1. The zero-order valence-corrected chi connectivity index (χ0v) is 71.2. The molecule has 1 heterocycles. The summed E-state index contributed by atoms with van der Waals surface area (Å²) in [6, 6.07) is 113. The zero-order valence-electron chi connectivity index (χ0n) is 71.2. The second-order valence-electron chi connectivity index (χ2n) is 32.7. The van der Waals surface area contributed by atoms with Crippen molar-refractivity contribution in [3.63, 3.8) is 0 Å². The average Bonchev–Trinajstić information content (AvgIpc) is 1.31. The second kappa shape index (κ2) is 44.7. The molecular formula is C106H109FN8O7. The van der Waals surface area contributed by atoms with Crippen LogP contribution in [0.5, 0.6) is 0 Å². The Hall–Kier alpha value is -13.2. The first-order valence-corrected chi connectivity index (χ1v) is 41.1. The Morgan fingerprint density at radius 1 is 0.320 bits per heavy atom. The molecule has 0 saturated heterocycles. The van der Waals surface area contributed by atoms with Crippen LogP contribution in [0.3, 0.4) is 0 Å². The highest BCUT2D eigenvalue weighted by molar-refractivity contribution is 5.94. The number of tetrazole rings is 1. The van der Waals surface area contributed by atoms with E-state index in [9.17, 15) is 23.6 Å². The number of carbonyl (C=O) groups is 4. The van der Waals surface area contributed by atoms with Crippen LogP contribution in [0.2, 0.25) is 0 Å². The number of aromatic carboxylic acids is 1. The van der Waals surface area contributed by atoms with E-state index in [-0.39, 0.29) is 39.9 Å². The highest BCUT2D eigenvalue weighted by atomic mass is 19.1. The number of esters is 2. The third-order valence-corrected chi connectivity index (χ3v) is 20.9. The van der Waals surface area contributed by atoms with Gasteiger partial charge in [-0.25, -0.2) is 18.8 Å². The molecule has 0 amide bonds.